The third-order valence-electron chi connectivity index (χ3n) is 2.95. The van der Waals surface area contributed by atoms with E-state index in [0.29, 0.717) is 17.1 Å². The largest absolute Gasteiger partial charge is 0.351 e. The summed E-state index contributed by atoms with van der Waals surface area (Å²) in [5.41, 5.74) is 1.41. The highest BCUT2D eigenvalue weighted by molar-refractivity contribution is 6.30. The summed E-state index contributed by atoms with van der Waals surface area (Å²) in [5.74, 6) is -0.117. The van der Waals surface area contributed by atoms with Crippen molar-refractivity contribution in [1.29, 1.82) is 0 Å². The molecule has 0 atom stereocenters. The number of aromatic nitrogens is 2. The van der Waals surface area contributed by atoms with Gasteiger partial charge in [0, 0.05) is 24.3 Å². The lowest BCUT2D eigenvalue weighted by molar-refractivity contribution is 0.0954. The molecule has 0 aliphatic heterocycles. The lowest BCUT2D eigenvalue weighted by atomic mass is 10.3. The van der Waals surface area contributed by atoms with Gasteiger partial charge >= 0.3 is 0 Å². The molecule has 1 heterocycles. The Hall–Kier alpha value is -1.85. The Labute approximate surface area is 129 Å². The lowest BCUT2D eigenvalue weighted by Gasteiger charge is -2.04. The average Bonchev–Trinajstić information content (AvgIpc) is 2.97. The highest BCUT2D eigenvalue weighted by Crippen LogP contribution is 2.13. The molecule has 2 N–H and O–H groups in total. The van der Waals surface area contributed by atoms with Gasteiger partial charge in [-0.2, -0.15) is 5.10 Å². The van der Waals surface area contributed by atoms with Crippen LogP contribution >= 0.6 is 11.6 Å². The molecule has 5 nitrogen and oxygen atoms in total. The van der Waals surface area contributed by atoms with Crippen LogP contribution in [0.5, 0.6) is 0 Å². The van der Waals surface area contributed by atoms with E-state index in [9.17, 15) is 4.79 Å². The van der Waals surface area contributed by atoms with E-state index in [-0.39, 0.29) is 5.91 Å². The monoisotopic (exact) mass is 306 g/mol. The number of amides is 1. The van der Waals surface area contributed by atoms with Gasteiger partial charge in [-0.25, -0.2) is 4.68 Å². The van der Waals surface area contributed by atoms with Crippen LogP contribution in [-0.4, -0.2) is 35.3 Å². The molecule has 0 aliphatic carbocycles. The highest BCUT2D eigenvalue weighted by Gasteiger charge is 2.08. The zero-order valence-electron chi connectivity index (χ0n) is 12.0. The van der Waals surface area contributed by atoms with Crippen LogP contribution in [0.2, 0.25) is 5.02 Å². The molecule has 0 spiro atoms. The van der Waals surface area contributed by atoms with E-state index < -0.39 is 0 Å². The number of hydrogen-bond acceptors (Lipinski definition) is 3. The first kappa shape index (κ1) is 15.5. The standard InChI is InChI=1S/C15H19ClN4O/c1-2-7-17-8-9-18-15(21)12-10-19-20(11-12)14-5-3-13(16)4-6-14/h3-6,10-11,17H,2,7-9H2,1H3,(H,18,21). The second-order valence-electron chi connectivity index (χ2n) is 4.66. The van der Waals surface area contributed by atoms with Crippen LogP contribution in [0.15, 0.2) is 36.7 Å². The first-order valence-corrected chi connectivity index (χ1v) is 7.38. The number of halogens is 1. The van der Waals surface area contributed by atoms with Crippen molar-refractivity contribution in [1.82, 2.24) is 20.4 Å². The zero-order valence-corrected chi connectivity index (χ0v) is 12.7. The molecule has 0 bridgehead atoms. The quantitative estimate of drug-likeness (QED) is 0.771. The number of carbonyl (C=O) groups excluding carboxylic acids is 1. The summed E-state index contributed by atoms with van der Waals surface area (Å²) < 4.78 is 1.65. The fourth-order valence-electron chi connectivity index (χ4n) is 1.84. The van der Waals surface area contributed by atoms with Crippen molar-refractivity contribution >= 4 is 17.5 Å². The molecule has 112 valence electrons. The van der Waals surface area contributed by atoms with Crippen LogP contribution < -0.4 is 10.6 Å². The van der Waals surface area contributed by atoms with Crippen molar-refractivity contribution in [3.63, 3.8) is 0 Å². The SMILES string of the molecule is CCCNCCNC(=O)c1cnn(-c2ccc(Cl)cc2)c1. The molecule has 6 heteroatoms. The van der Waals surface area contributed by atoms with E-state index in [2.05, 4.69) is 22.7 Å². The van der Waals surface area contributed by atoms with Gasteiger partial charge in [0.25, 0.3) is 5.91 Å². The second-order valence-corrected chi connectivity index (χ2v) is 5.09. The normalized spacial score (nSPS) is 10.6. The Kier molecular flexibility index (Phi) is 5.78. The molecular formula is C15H19ClN4O. The first-order valence-electron chi connectivity index (χ1n) is 7.00. The molecule has 1 aromatic carbocycles. The maximum absolute atomic E-state index is 12.0. The Morgan fingerprint density at radius 3 is 2.71 bits per heavy atom. The number of benzene rings is 1. The molecular weight excluding hydrogens is 288 g/mol. The van der Waals surface area contributed by atoms with Gasteiger partial charge in [0.2, 0.25) is 0 Å². The van der Waals surface area contributed by atoms with Crippen molar-refractivity contribution in [3.8, 4) is 5.69 Å². The summed E-state index contributed by atoms with van der Waals surface area (Å²) in [6.07, 6.45) is 4.35. The van der Waals surface area contributed by atoms with Gasteiger partial charge in [-0.15, -0.1) is 0 Å². The Morgan fingerprint density at radius 2 is 2.00 bits per heavy atom. The van der Waals surface area contributed by atoms with Gasteiger partial charge in [-0.1, -0.05) is 18.5 Å². The van der Waals surface area contributed by atoms with E-state index in [1.54, 1.807) is 29.2 Å². The molecule has 0 saturated carbocycles. The average molecular weight is 307 g/mol. The molecule has 0 unspecified atom stereocenters. The van der Waals surface area contributed by atoms with Crippen LogP contribution in [0.25, 0.3) is 5.69 Å². The molecule has 1 amide bonds. The third kappa shape index (κ3) is 4.58. The molecule has 0 fully saturated rings. The van der Waals surface area contributed by atoms with Crippen LogP contribution in [0.3, 0.4) is 0 Å². The van der Waals surface area contributed by atoms with E-state index >= 15 is 0 Å². The molecule has 0 aliphatic rings. The third-order valence-corrected chi connectivity index (χ3v) is 3.20. The number of nitrogens with zero attached hydrogens (tertiary/aromatic N) is 2. The van der Waals surface area contributed by atoms with E-state index in [4.69, 9.17) is 11.6 Å². The maximum Gasteiger partial charge on any atom is 0.254 e. The van der Waals surface area contributed by atoms with Crippen molar-refractivity contribution < 1.29 is 4.79 Å². The van der Waals surface area contributed by atoms with E-state index in [1.807, 2.05) is 12.1 Å². The number of carbonyl (C=O) groups is 1. The maximum atomic E-state index is 12.0. The van der Waals surface area contributed by atoms with Crippen molar-refractivity contribution in [2.45, 2.75) is 13.3 Å². The first-order chi connectivity index (χ1) is 10.2. The minimum absolute atomic E-state index is 0.117. The molecule has 21 heavy (non-hydrogen) atoms. The summed E-state index contributed by atoms with van der Waals surface area (Å²) in [5, 5.41) is 10.9. The molecule has 0 saturated heterocycles. The number of hydrogen-bond donors (Lipinski definition) is 2. The van der Waals surface area contributed by atoms with Crippen LogP contribution in [0.4, 0.5) is 0 Å². The van der Waals surface area contributed by atoms with Gasteiger partial charge in [-0.3, -0.25) is 4.79 Å². The smallest absolute Gasteiger partial charge is 0.254 e. The van der Waals surface area contributed by atoms with Gasteiger partial charge in [0.05, 0.1) is 17.4 Å². The van der Waals surface area contributed by atoms with Crippen molar-refractivity contribution in [2.75, 3.05) is 19.6 Å². The molecule has 2 rings (SSSR count). The van der Waals surface area contributed by atoms with E-state index in [0.717, 1.165) is 25.2 Å². The minimum Gasteiger partial charge on any atom is -0.351 e. The zero-order chi connectivity index (χ0) is 15.1. The van der Waals surface area contributed by atoms with Gasteiger partial charge in [0.15, 0.2) is 0 Å². The number of rotatable bonds is 7. The van der Waals surface area contributed by atoms with Crippen molar-refractivity contribution in [2.24, 2.45) is 0 Å². The topological polar surface area (TPSA) is 58.9 Å². The summed E-state index contributed by atoms with van der Waals surface area (Å²) in [6, 6.07) is 7.28. The van der Waals surface area contributed by atoms with Crippen molar-refractivity contribution in [3.05, 3.63) is 47.2 Å². The predicted octanol–water partition coefficient (Wildman–Crippen LogP) is 2.26. The Morgan fingerprint density at radius 1 is 1.24 bits per heavy atom. The molecule has 2 aromatic rings. The Bertz CT molecular complexity index is 580. The van der Waals surface area contributed by atoms with Gasteiger partial charge in [-0.05, 0) is 37.2 Å². The second kappa shape index (κ2) is 7.81. The fourth-order valence-corrected chi connectivity index (χ4v) is 1.97. The lowest BCUT2D eigenvalue weighted by Crippen LogP contribution is -2.31. The number of nitrogens with one attached hydrogen (secondary N) is 2. The van der Waals surface area contributed by atoms with Gasteiger partial charge < -0.3 is 10.6 Å². The van der Waals surface area contributed by atoms with Crippen LogP contribution in [0, 0.1) is 0 Å². The Balaban J connectivity index is 1.90. The fraction of sp³-hybridized carbons (Fsp3) is 0.333. The summed E-state index contributed by atoms with van der Waals surface area (Å²) in [7, 11) is 0. The van der Waals surface area contributed by atoms with Gasteiger partial charge in [0.1, 0.15) is 0 Å². The predicted molar refractivity (Wildman–Crippen MR) is 84.1 cm³/mol. The summed E-state index contributed by atoms with van der Waals surface area (Å²) >= 11 is 5.85. The summed E-state index contributed by atoms with van der Waals surface area (Å²) in [6.45, 7) is 4.44. The highest BCUT2D eigenvalue weighted by atomic mass is 35.5. The minimum atomic E-state index is -0.117. The van der Waals surface area contributed by atoms with Crippen LogP contribution in [0.1, 0.15) is 23.7 Å². The molecule has 0 radical (unpaired) electrons. The summed E-state index contributed by atoms with van der Waals surface area (Å²) in [4.78, 5) is 12.0. The van der Waals surface area contributed by atoms with Crippen LogP contribution in [-0.2, 0) is 0 Å². The molecule has 1 aromatic heterocycles. The van der Waals surface area contributed by atoms with E-state index in [1.165, 1.54) is 0 Å².